The van der Waals surface area contributed by atoms with Crippen molar-refractivity contribution < 1.29 is 29.0 Å². The van der Waals surface area contributed by atoms with Gasteiger partial charge in [0.05, 0.1) is 6.26 Å². The van der Waals surface area contributed by atoms with Gasteiger partial charge in [0.1, 0.15) is 6.04 Å². The highest BCUT2D eigenvalue weighted by atomic mass is 16.4. The Morgan fingerprint density at radius 2 is 2.10 bits per heavy atom. The maximum Gasteiger partial charge on any atom is 0.332 e. The molecular formula is C12H16N2O6. The van der Waals surface area contributed by atoms with E-state index in [4.69, 9.17) is 14.6 Å². The molecular weight excluding hydrogens is 268 g/mol. The SMILES string of the molecule is CC(NC(=O)c1ccco1)C(=O)NCC[C@H](O)C(=O)O. The molecule has 0 aliphatic rings. The van der Waals surface area contributed by atoms with Gasteiger partial charge in [-0.1, -0.05) is 0 Å². The van der Waals surface area contributed by atoms with Gasteiger partial charge in [-0.05, 0) is 19.1 Å². The van der Waals surface area contributed by atoms with Crippen LogP contribution in [0, 0.1) is 0 Å². The highest BCUT2D eigenvalue weighted by molar-refractivity contribution is 5.95. The minimum absolute atomic E-state index is 0.00668. The lowest BCUT2D eigenvalue weighted by Crippen LogP contribution is -2.45. The fourth-order valence-electron chi connectivity index (χ4n) is 1.35. The Labute approximate surface area is 114 Å². The maximum atomic E-state index is 11.6. The number of aliphatic carboxylic acids is 1. The number of furan rings is 1. The van der Waals surface area contributed by atoms with Crippen molar-refractivity contribution in [2.24, 2.45) is 0 Å². The monoisotopic (exact) mass is 284 g/mol. The molecule has 1 rings (SSSR count). The molecule has 0 aliphatic carbocycles. The Morgan fingerprint density at radius 3 is 2.65 bits per heavy atom. The van der Waals surface area contributed by atoms with Gasteiger partial charge in [-0.15, -0.1) is 0 Å². The minimum atomic E-state index is -1.52. The number of aliphatic hydroxyl groups excluding tert-OH is 1. The predicted molar refractivity (Wildman–Crippen MR) is 66.9 cm³/mol. The quantitative estimate of drug-likeness (QED) is 0.526. The number of amides is 2. The third kappa shape index (κ3) is 4.73. The highest BCUT2D eigenvalue weighted by Gasteiger charge is 2.18. The molecule has 0 radical (unpaired) electrons. The number of carboxylic acid groups (broad SMARTS) is 1. The van der Waals surface area contributed by atoms with E-state index >= 15 is 0 Å². The number of rotatable bonds is 7. The van der Waals surface area contributed by atoms with E-state index in [0.29, 0.717) is 0 Å². The van der Waals surface area contributed by atoms with Crippen LogP contribution in [0.5, 0.6) is 0 Å². The summed E-state index contributed by atoms with van der Waals surface area (Å²) < 4.78 is 4.87. The van der Waals surface area contributed by atoms with Crippen LogP contribution >= 0.6 is 0 Å². The molecule has 2 atom stereocenters. The summed E-state index contributed by atoms with van der Waals surface area (Å²) in [7, 11) is 0. The summed E-state index contributed by atoms with van der Waals surface area (Å²) in [5.41, 5.74) is 0. The van der Waals surface area contributed by atoms with Crippen LogP contribution in [0.1, 0.15) is 23.9 Å². The second kappa shape index (κ2) is 7.29. The third-order valence-corrected chi connectivity index (χ3v) is 2.49. The van der Waals surface area contributed by atoms with Gasteiger partial charge in [0.2, 0.25) is 5.91 Å². The molecule has 4 N–H and O–H groups in total. The van der Waals surface area contributed by atoms with Crippen molar-refractivity contribution in [3.05, 3.63) is 24.2 Å². The van der Waals surface area contributed by atoms with E-state index in [0.717, 1.165) is 0 Å². The first-order chi connectivity index (χ1) is 9.41. The van der Waals surface area contributed by atoms with Crippen LogP contribution in [-0.2, 0) is 9.59 Å². The average molecular weight is 284 g/mol. The van der Waals surface area contributed by atoms with E-state index in [1.54, 1.807) is 6.07 Å². The zero-order chi connectivity index (χ0) is 15.1. The molecule has 20 heavy (non-hydrogen) atoms. The Morgan fingerprint density at radius 1 is 1.40 bits per heavy atom. The summed E-state index contributed by atoms with van der Waals surface area (Å²) in [6.07, 6.45) is -0.296. The number of aliphatic hydroxyl groups is 1. The van der Waals surface area contributed by atoms with Crippen molar-refractivity contribution in [2.75, 3.05) is 6.54 Å². The van der Waals surface area contributed by atoms with Gasteiger partial charge in [-0.3, -0.25) is 9.59 Å². The van der Waals surface area contributed by atoms with Gasteiger partial charge in [-0.2, -0.15) is 0 Å². The van der Waals surface area contributed by atoms with E-state index in [9.17, 15) is 14.4 Å². The molecule has 1 unspecified atom stereocenters. The first-order valence-electron chi connectivity index (χ1n) is 5.94. The van der Waals surface area contributed by atoms with Gasteiger partial charge in [0.25, 0.3) is 5.91 Å². The fourth-order valence-corrected chi connectivity index (χ4v) is 1.35. The van der Waals surface area contributed by atoms with Gasteiger partial charge >= 0.3 is 5.97 Å². The number of hydrogen-bond acceptors (Lipinski definition) is 5. The topological polar surface area (TPSA) is 129 Å². The zero-order valence-electron chi connectivity index (χ0n) is 10.8. The number of carbonyl (C=O) groups is 3. The summed E-state index contributed by atoms with van der Waals surface area (Å²) in [5, 5.41) is 22.3. The second-order valence-corrected chi connectivity index (χ2v) is 4.11. The third-order valence-electron chi connectivity index (χ3n) is 2.49. The van der Waals surface area contributed by atoms with E-state index in [2.05, 4.69) is 10.6 Å². The maximum absolute atomic E-state index is 11.6. The molecule has 0 aromatic carbocycles. The van der Waals surface area contributed by atoms with Crippen molar-refractivity contribution in [1.29, 1.82) is 0 Å². The fraction of sp³-hybridized carbons (Fsp3) is 0.417. The summed E-state index contributed by atoms with van der Waals surface area (Å²) >= 11 is 0. The molecule has 0 saturated heterocycles. The summed E-state index contributed by atoms with van der Waals surface area (Å²) in [6, 6.07) is 2.20. The van der Waals surface area contributed by atoms with Gasteiger partial charge < -0.3 is 25.3 Å². The van der Waals surface area contributed by atoms with Crippen LogP contribution in [0.15, 0.2) is 22.8 Å². The summed E-state index contributed by atoms with van der Waals surface area (Å²) in [6.45, 7) is 1.47. The van der Waals surface area contributed by atoms with Crippen LogP contribution in [0.4, 0.5) is 0 Å². The molecule has 110 valence electrons. The van der Waals surface area contributed by atoms with E-state index in [1.807, 2.05) is 0 Å². The molecule has 0 fully saturated rings. The van der Waals surface area contributed by atoms with Crippen LogP contribution in [0.3, 0.4) is 0 Å². The van der Waals surface area contributed by atoms with E-state index in [1.165, 1.54) is 19.3 Å². The van der Waals surface area contributed by atoms with Crippen molar-refractivity contribution in [1.82, 2.24) is 10.6 Å². The molecule has 0 saturated carbocycles. The van der Waals surface area contributed by atoms with Crippen molar-refractivity contribution in [2.45, 2.75) is 25.5 Å². The number of nitrogens with one attached hydrogen (secondary N) is 2. The molecule has 1 aromatic rings. The molecule has 0 bridgehead atoms. The minimum Gasteiger partial charge on any atom is -0.479 e. The predicted octanol–water partition coefficient (Wildman–Crippen LogP) is -0.650. The van der Waals surface area contributed by atoms with Crippen LogP contribution in [0.25, 0.3) is 0 Å². The number of carboxylic acids is 1. The molecule has 8 nitrogen and oxygen atoms in total. The van der Waals surface area contributed by atoms with Gasteiger partial charge in [-0.25, -0.2) is 4.79 Å². The zero-order valence-corrected chi connectivity index (χ0v) is 10.8. The highest BCUT2D eigenvalue weighted by Crippen LogP contribution is 2.00. The lowest BCUT2D eigenvalue weighted by molar-refractivity contribution is -0.147. The van der Waals surface area contributed by atoms with Gasteiger partial charge in [0, 0.05) is 13.0 Å². The number of hydrogen-bond donors (Lipinski definition) is 4. The standard InChI is InChI=1S/C12H16N2O6/c1-7(14-11(17)9-3-2-6-20-9)10(16)13-5-4-8(15)12(18)19/h2-3,6-8,15H,4-5H2,1H3,(H,13,16)(H,14,17)(H,18,19)/t7?,8-/m0/s1. The lowest BCUT2D eigenvalue weighted by Gasteiger charge is -2.13. The second-order valence-electron chi connectivity index (χ2n) is 4.11. The Bertz CT molecular complexity index is 470. The van der Waals surface area contributed by atoms with E-state index < -0.39 is 29.9 Å². The molecule has 1 heterocycles. The van der Waals surface area contributed by atoms with Crippen molar-refractivity contribution in [3.8, 4) is 0 Å². The average Bonchev–Trinajstić information content (AvgIpc) is 2.91. The van der Waals surface area contributed by atoms with Crippen LogP contribution < -0.4 is 10.6 Å². The van der Waals surface area contributed by atoms with Crippen LogP contribution in [0.2, 0.25) is 0 Å². The first kappa shape index (κ1) is 15.7. The van der Waals surface area contributed by atoms with Gasteiger partial charge in [0.15, 0.2) is 11.9 Å². The Hall–Kier alpha value is -2.35. The summed E-state index contributed by atoms with van der Waals surface area (Å²) in [5.74, 6) is -2.27. The molecule has 1 aromatic heterocycles. The molecule has 0 aliphatic heterocycles. The lowest BCUT2D eigenvalue weighted by atomic mass is 10.2. The summed E-state index contributed by atoms with van der Waals surface area (Å²) in [4.78, 5) is 33.6. The first-order valence-corrected chi connectivity index (χ1v) is 5.94. The normalized spacial score (nSPS) is 13.3. The smallest absolute Gasteiger partial charge is 0.332 e. The van der Waals surface area contributed by atoms with Crippen molar-refractivity contribution in [3.63, 3.8) is 0 Å². The Kier molecular flexibility index (Phi) is 5.73. The number of carbonyl (C=O) groups excluding carboxylic acids is 2. The molecule has 8 heteroatoms. The largest absolute Gasteiger partial charge is 0.479 e. The molecule has 0 spiro atoms. The molecule has 2 amide bonds. The van der Waals surface area contributed by atoms with E-state index in [-0.39, 0.29) is 18.7 Å². The van der Waals surface area contributed by atoms with Crippen LogP contribution in [-0.4, -0.2) is 46.7 Å². The van der Waals surface area contributed by atoms with Crippen molar-refractivity contribution >= 4 is 17.8 Å². The Balaban J connectivity index is 2.32.